The van der Waals surface area contributed by atoms with Gasteiger partial charge in [0.25, 0.3) is 0 Å². The largest absolute Gasteiger partial charge is 0.360 e. The van der Waals surface area contributed by atoms with Gasteiger partial charge >= 0.3 is 8.25 Å². The van der Waals surface area contributed by atoms with Gasteiger partial charge in [-0.1, -0.05) is 0 Å². The first-order valence-corrected chi connectivity index (χ1v) is 6.77. The van der Waals surface area contributed by atoms with Crippen molar-refractivity contribution in [1.82, 2.24) is 0 Å². The molecule has 5 nitrogen and oxygen atoms in total. The van der Waals surface area contributed by atoms with Gasteiger partial charge in [0.1, 0.15) is 0 Å². The van der Waals surface area contributed by atoms with Gasteiger partial charge in [0, 0.05) is 0 Å². The molecule has 0 spiro atoms. The SMILES string of the molecule is C#CC(O)([SiH3])O[PH](=O)OC(O)([SiH3])C#C. The highest BCUT2D eigenvalue weighted by Gasteiger charge is 2.26. The van der Waals surface area contributed by atoms with Crippen LogP contribution in [-0.4, -0.2) is 41.5 Å². The molecule has 0 aromatic heterocycles. The maximum Gasteiger partial charge on any atom is 0.325 e. The molecule has 0 aliphatic heterocycles. The van der Waals surface area contributed by atoms with Crippen LogP contribution in [0.4, 0.5) is 0 Å². The highest BCUT2D eigenvalue weighted by atomic mass is 31.1. The Kier molecular flexibility index (Phi) is 4.79. The van der Waals surface area contributed by atoms with Gasteiger partial charge in [-0.3, -0.25) is 13.6 Å². The Morgan fingerprint density at radius 2 is 1.43 bits per heavy atom. The molecule has 14 heavy (non-hydrogen) atoms. The Morgan fingerprint density at radius 1 is 1.14 bits per heavy atom. The van der Waals surface area contributed by atoms with E-state index in [1.54, 1.807) is 0 Å². The van der Waals surface area contributed by atoms with Crippen molar-refractivity contribution in [3.63, 3.8) is 0 Å². The fourth-order valence-electron chi connectivity index (χ4n) is 0.404. The van der Waals surface area contributed by atoms with Crippen molar-refractivity contribution < 1.29 is 23.8 Å². The third-order valence-corrected chi connectivity index (χ3v) is 4.03. The number of hydrogen-bond acceptors (Lipinski definition) is 5. The number of hydrogen-bond donors (Lipinski definition) is 2. The maximum absolute atomic E-state index is 11.1. The molecule has 0 aliphatic rings. The van der Waals surface area contributed by atoms with Crippen LogP contribution in [0.25, 0.3) is 0 Å². The van der Waals surface area contributed by atoms with E-state index in [1.807, 2.05) is 11.8 Å². The summed E-state index contributed by atoms with van der Waals surface area (Å²) in [6.07, 6.45) is 9.78. The van der Waals surface area contributed by atoms with E-state index in [0.717, 1.165) is 0 Å². The lowest BCUT2D eigenvalue weighted by Gasteiger charge is -2.21. The summed E-state index contributed by atoms with van der Waals surface area (Å²) < 4.78 is 20.1. The quantitative estimate of drug-likeness (QED) is 0.237. The summed E-state index contributed by atoms with van der Waals surface area (Å²) in [6, 6.07) is 0. The van der Waals surface area contributed by atoms with Gasteiger partial charge in [-0.15, -0.1) is 12.8 Å². The maximum atomic E-state index is 11.1. The van der Waals surface area contributed by atoms with Crippen LogP contribution in [0.3, 0.4) is 0 Å². The van der Waals surface area contributed by atoms with E-state index in [1.165, 1.54) is 0 Å². The topological polar surface area (TPSA) is 76.0 Å². The summed E-state index contributed by atoms with van der Waals surface area (Å²) >= 11 is 0. The summed E-state index contributed by atoms with van der Waals surface area (Å²) in [5.74, 6) is 3.79. The minimum atomic E-state index is -3.09. The van der Waals surface area contributed by atoms with Crippen molar-refractivity contribution in [3.05, 3.63) is 0 Å². The van der Waals surface area contributed by atoms with Crippen molar-refractivity contribution in [2.75, 3.05) is 0 Å². The van der Waals surface area contributed by atoms with Crippen LogP contribution in [0.15, 0.2) is 0 Å². The Labute approximate surface area is 88.6 Å². The van der Waals surface area contributed by atoms with Crippen molar-refractivity contribution in [1.29, 1.82) is 0 Å². The molecule has 0 fully saturated rings. The zero-order valence-electron chi connectivity index (χ0n) is 7.77. The lowest BCUT2D eigenvalue weighted by Crippen LogP contribution is -2.31. The van der Waals surface area contributed by atoms with Crippen molar-refractivity contribution in [2.24, 2.45) is 0 Å². The summed E-state index contributed by atoms with van der Waals surface area (Å²) in [5, 5.41) is 18.4. The standard InChI is InChI=1S/C6H11O5PSi2/c1-3-5(7,13)10-12(9)11-6(8,14)4-2/h1-2,7-8,12H,13-14H3. The van der Waals surface area contributed by atoms with Gasteiger partial charge in [-0.25, -0.2) is 0 Å². The van der Waals surface area contributed by atoms with Gasteiger partial charge < -0.3 is 10.2 Å². The molecule has 8 heteroatoms. The second kappa shape index (κ2) is 4.92. The van der Waals surface area contributed by atoms with Gasteiger partial charge in [-0.05, 0) is 11.8 Å². The molecule has 0 rings (SSSR count). The van der Waals surface area contributed by atoms with Crippen LogP contribution in [0, 0.1) is 24.7 Å². The van der Waals surface area contributed by atoms with E-state index in [4.69, 9.17) is 12.8 Å². The minimum Gasteiger partial charge on any atom is -0.360 e. The normalized spacial score (nSPS) is 21.4. The van der Waals surface area contributed by atoms with E-state index in [2.05, 4.69) is 9.05 Å². The van der Waals surface area contributed by atoms with Crippen molar-refractivity contribution >= 4 is 28.7 Å². The summed E-state index contributed by atoms with van der Waals surface area (Å²) in [5.41, 5.74) is -3.72. The first kappa shape index (κ1) is 13.6. The van der Waals surface area contributed by atoms with E-state index in [-0.39, 0.29) is 20.5 Å². The summed E-state index contributed by atoms with van der Waals surface area (Å²) in [6.45, 7) is 0. The van der Waals surface area contributed by atoms with E-state index < -0.39 is 19.1 Å². The van der Waals surface area contributed by atoms with Gasteiger partial charge in [-0.2, -0.15) is 0 Å². The molecule has 0 aromatic rings. The third kappa shape index (κ3) is 5.37. The molecule has 2 N–H and O–H groups in total. The van der Waals surface area contributed by atoms with Gasteiger partial charge in [0.15, 0.2) is 0 Å². The van der Waals surface area contributed by atoms with Crippen LogP contribution in [0.1, 0.15) is 0 Å². The number of terminal acetylenes is 2. The molecule has 0 radical (unpaired) electrons. The molecule has 0 heterocycles. The molecule has 0 saturated heterocycles. The summed E-state index contributed by atoms with van der Waals surface area (Å²) in [4.78, 5) is 0. The van der Waals surface area contributed by atoms with E-state index in [9.17, 15) is 14.8 Å². The monoisotopic (exact) mass is 250 g/mol. The van der Waals surface area contributed by atoms with Crippen molar-refractivity contribution in [3.8, 4) is 24.7 Å². The molecule has 0 aromatic carbocycles. The first-order chi connectivity index (χ1) is 6.22. The summed E-state index contributed by atoms with van der Waals surface area (Å²) in [7, 11) is -2.97. The molecule has 0 saturated carbocycles. The zero-order chi connectivity index (χ0) is 11.4. The lowest BCUT2D eigenvalue weighted by molar-refractivity contribution is -0.0526. The molecule has 0 aliphatic carbocycles. The fourth-order valence-corrected chi connectivity index (χ4v) is 2.21. The lowest BCUT2D eigenvalue weighted by atomic mass is 10.7. The number of aliphatic hydroxyl groups is 2. The van der Waals surface area contributed by atoms with Crippen LogP contribution in [0.2, 0.25) is 0 Å². The van der Waals surface area contributed by atoms with Crippen LogP contribution in [0.5, 0.6) is 0 Å². The molecule has 2 atom stereocenters. The molecule has 0 bridgehead atoms. The smallest absolute Gasteiger partial charge is 0.325 e. The Hall–Kier alpha value is -0.376. The van der Waals surface area contributed by atoms with Crippen LogP contribution >= 0.6 is 8.25 Å². The molecular weight excluding hydrogens is 239 g/mol. The molecule has 78 valence electrons. The molecule has 2 unspecified atom stereocenters. The Bertz CT molecular complexity index is 283. The Balaban J connectivity index is 4.30. The number of rotatable bonds is 4. The Morgan fingerprint density at radius 3 is 1.64 bits per heavy atom. The van der Waals surface area contributed by atoms with E-state index in [0.29, 0.717) is 0 Å². The van der Waals surface area contributed by atoms with Gasteiger partial charge in [0.2, 0.25) is 10.8 Å². The second-order valence-electron chi connectivity index (χ2n) is 2.71. The highest BCUT2D eigenvalue weighted by molar-refractivity contribution is 7.33. The van der Waals surface area contributed by atoms with Crippen LogP contribution < -0.4 is 0 Å². The fraction of sp³-hybridized carbons (Fsp3) is 0.333. The van der Waals surface area contributed by atoms with Crippen molar-refractivity contribution in [2.45, 2.75) is 10.8 Å². The molecular formula is C6H11O5PSi2. The minimum absolute atomic E-state index is 0.0604. The van der Waals surface area contributed by atoms with Gasteiger partial charge in [0.05, 0.1) is 20.5 Å². The average Bonchev–Trinajstić information content (AvgIpc) is 2.02. The van der Waals surface area contributed by atoms with Crippen LogP contribution in [-0.2, 0) is 13.6 Å². The molecule has 0 amide bonds. The third-order valence-electron chi connectivity index (χ3n) is 1.10. The predicted octanol–water partition coefficient (Wildman–Crippen LogP) is -3.30. The predicted molar refractivity (Wildman–Crippen MR) is 58.6 cm³/mol. The van der Waals surface area contributed by atoms with E-state index >= 15 is 0 Å². The average molecular weight is 250 g/mol. The zero-order valence-corrected chi connectivity index (χ0v) is 12.8. The highest BCUT2D eigenvalue weighted by Crippen LogP contribution is 2.32. The first-order valence-electron chi connectivity index (χ1n) is 3.55. The second-order valence-corrected chi connectivity index (χ2v) is 6.33.